The van der Waals surface area contributed by atoms with Crippen molar-refractivity contribution in [2.45, 2.75) is 24.9 Å². The zero-order valence-electron chi connectivity index (χ0n) is 20.5. The molecule has 8 nitrogen and oxygen atoms in total. The fourth-order valence-electron chi connectivity index (χ4n) is 4.22. The molecule has 12 heteroatoms. The van der Waals surface area contributed by atoms with E-state index in [0.29, 0.717) is 6.07 Å². The van der Waals surface area contributed by atoms with Gasteiger partial charge in [-0.25, -0.2) is 13.9 Å². The van der Waals surface area contributed by atoms with Crippen molar-refractivity contribution < 1.29 is 32.1 Å². The van der Waals surface area contributed by atoms with E-state index in [9.17, 15) is 13.9 Å². The minimum Gasteiger partial charge on any atom is -0.501 e. The molecule has 0 radical (unpaired) electrons. The van der Waals surface area contributed by atoms with Crippen LogP contribution in [-0.4, -0.2) is 53.9 Å². The molecule has 1 aliphatic heterocycles. The van der Waals surface area contributed by atoms with Crippen LogP contribution < -0.4 is 10.3 Å². The normalized spacial score (nSPS) is 19.4. The molecule has 198 valence electrons. The second kappa shape index (κ2) is 10.4. The van der Waals surface area contributed by atoms with E-state index in [1.54, 1.807) is 7.11 Å². The quantitative estimate of drug-likeness (QED) is 0.486. The summed E-state index contributed by atoms with van der Waals surface area (Å²) < 4.78 is 71.0. The van der Waals surface area contributed by atoms with Crippen LogP contribution in [0.3, 0.4) is 0 Å². The van der Waals surface area contributed by atoms with Gasteiger partial charge in [-0.15, -0.1) is 10.6 Å². The standard InChI is InChI=1S/C25H27F4N5O3/c1-16-10-17(4-8-22(16)36-3)13-37-19-6-9-23(30-12-19)25(28,29)24(35,14-34-15-31-33(2)32-34)20-7-5-18(26)11-21(20)27/h4-9,11-12,15-16,32,35H,10,13-14H2,1-3H3. The Labute approximate surface area is 211 Å². The summed E-state index contributed by atoms with van der Waals surface area (Å²) in [7, 11) is 3.11. The van der Waals surface area contributed by atoms with Crippen molar-refractivity contribution in [3.8, 4) is 5.75 Å². The van der Waals surface area contributed by atoms with Gasteiger partial charge in [0.15, 0.2) is 5.60 Å². The summed E-state index contributed by atoms with van der Waals surface area (Å²) in [4.78, 5) is 3.82. The SMILES string of the molecule is COC1=CC=C(COc2ccc(C(F)(F)C(O)(CN3C=NN(C)N3)c3ccc(F)cc3F)nc2)CC1C. The molecule has 0 saturated carbocycles. The first-order valence-corrected chi connectivity index (χ1v) is 11.4. The number of rotatable bonds is 9. The number of nitrogens with zero attached hydrogens (tertiary/aromatic N) is 4. The second-order valence-electron chi connectivity index (χ2n) is 8.91. The van der Waals surface area contributed by atoms with Crippen LogP contribution in [-0.2, 0) is 16.3 Å². The average Bonchev–Trinajstić information content (AvgIpc) is 3.27. The number of hydrogen-bond donors (Lipinski definition) is 2. The van der Waals surface area contributed by atoms with Crippen LogP contribution >= 0.6 is 0 Å². The molecule has 1 aromatic carbocycles. The van der Waals surface area contributed by atoms with Gasteiger partial charge < -0.3 is 14.6 Å². The number of alkyl halides is 2. The lowest BCUT2D eigenvalue weighted by molar-refractivity contribution is -0.207. The van der Waals surface area contributed by atoms with Gasteiger partial charge >= 0.3 is 5.92 Å². The summed E-state index contributed by atoms with van der Waals surface area (Å²) >= 11 is 0. The van der Waals surface area contributed by atoms with Gasteiger partial charge in [-0.1, -0.05) is 13.0 Å². The Morgan fingerprint density at radius 2 is 1.97 bits per heavy atom. The van der Waals surface area contributed by atoms with Crippen LogP contribution in [0.4, 0.5) is 17.6 Å². The zero-order valence-corrected chi connectivity index (χ0v) is 20.5. The highest BCUT2D eigenvalue weighted by Crippen LogP contribution is 2.46. The van der Waals surface area contributed by atoms with Gasteiger partial charge in [-0.05, 0) is 42.3 Å². The molecule has 2 aromatic rings. The molecule has 2 unspecified atom stereocenters. The third kappa shape index (κ3) is 5.39. The fourth-order valence-corrected chi connectivity index (χ4v) is 4.22. The molecule has 2 heterocycles. The van der Waals surface area contributed by atoms with Crippen molar-refractivity contribution in [2.75, 3.05) is 27.3 Å². The molecule has 0 fully saturated rings. The molecule has 2 atom stereocenters. The summed E-state index contributed by atoms with van der Waals surface area (Å²) in [5.74, 6) is -5.11. The predicted molar refractivity (Wildman–Crippen MR) is 127 cm³/mol. The number of ether oxygens (including phenoxy) is 2. The molecule has 4 rings (SSSR count). The molecule has 1 aromatic heterocycles. The summed E-state index contributed by atoms with van der Waals surface area (Å²) in [5, 5.41) is 17.4. The number of pyridine rings is 1. The number of nitrogens with one attached hydrogen (secondary N) is 1. The molecule has 0 amide bonds. The van der Waals surface area contributed by atoms with Crippen LogP contribution in [0.25, 0.3) is 0 Å². The lowest BCUT2D eigenvalue weighted by Gasteiger charge is -2.38. The van der Waals surface area contributed by atoms with E-state index in [4.69, 9.17) is 9.47 Å². The van der Waals surface area contributed by atoms with E-state index in [0.717, 1.165) is 53.5 Å². The third-order valence-electron chi connectivity index (χ3n) is 6.19. The summed E-state index contributed by atoms with van der Waals surface area (Å²) in [6.45, 7) is 1.42. The van der Waals surface area contributed by atoms with Crippen molar-refractivity contribution in [1.82, 2.24) is 20.6 Å². The van der Waals surface area contributed by atoms with Crippen molar-refractivity contribution in [3.05, 3.63) is 82.9 Å². The Morgan fingerprint density at radius 1 is 1.19 bits per heavy atom. The number of methoxy groups -OCH3 is 1. The average molecular weight is 522 g/mol. The number of hydrazine groups is 2. The van der Waals surface area contributed by atoms with Crippen LogP contribution in [0.1, 0.15) is 24.6 Å². The van der Waals surface area contributed by atoms with Crippen molar-refractivity contribution in [3.63, 3.8) is 0 Å². The van der Waals surface area contributed by atoms with Gasteiger partial charge in [0.2, 0.25) is 0 Å². The first-order chi connectivity index (χ1) is 17.5. The lowest BCUT2D eigenvalue weighted by Crippen LogP contribution is -2.55. The van der Waals surface area contributed by atoms with Gasteiger partial charge in [0.05, 0.1) is 25.6 Å². The molecular weight excluding hydrogens is 494 g/mol. The highest BCUT2D eigenvalue weighted by molar-refractivity contribution is 5.55. The molecule has 37 heavy (non-hydrogen) atoms. The van der Waals surface area contributed by atoms with Crippen molar-refractivity contribution in [1.29, 1.82) is 0 Å². The molecule has 2 N–H and O–H groups in total. The van der Waals surface area contributed by atoms with Crippen LogP contribution in [0.5, 0.6) is 5.75 Å². The monoisotopic (exact) mass is 521 g/mol. The van der Waals surface area contributed by atoms with E-state index in [1.165, 1.54) is 18.2 Å². The maximum Gasteiger partial charge on any atom is 0.323 e. The molecule has 0 saturated heterocycles. The first kappa shape index (κ1) is 26.4. The number of benzene rings is 1. The van der Waals surface area contributed by atoms with Gasteiger partial charge in [-0.3, -0.25) is 9.99 Å². The summed E-state index contributed by atoms with van der Waals surface area (Å²) in [6.07, 6.45) is 6.74. The van der Waals surface area contributed by atoms with Crippen LogP contribution in [0.2, 0.25) is 0 Å². The van der Waals surface area contributed by atoms with Gasteiger partial charge in [0, 0.05) is 24.6 Å². The first-order valence-electron chi connectivity index (χ1n) is 11.4. The molecule has 1 aliphatic carbocycles. The van der Waals surface area contributed by atoms with E-state index in [1.807, 2.05) is 19.1 Å². The Balaban J connectivity index is 1.57. The highest BCUT2D eigenvalue weighted by Gasteiger charge is 2.58. The van der Waals surface area contributed by atoms with E-state index in [2.05, 4.69) is 15.6 Å². The number of hydrazone groups is 1. The smallest absolute Gasteiger partial charge is 0.323 e. The maximum atomic E-state index is 15.9. The largest absolute Gasteiger partial charge is 0.501 e. The van der Waals surface area contributed by atoms with Gasteiger partial charge in [0.1, 0.15) is 36.0 Å². The Bertz CT molecular complexity index is 1220. The second-order valence-corrected chi connectivity index (χ2v) is 8.91. The van der Waals surface area contributed by atoms with Gasteiger partial charge in [0.25, 0.3) is 0 Å². The number of allylic oxidation sites excluding steroid dienone is 3. The topological polar surface area (TPSA) is 82.5 Å². The third-order valence-corrected chi connectivity index (χ3v) is 6.19. The number of β-amino-alcohol motifs (C(OH)–C–C–N with tert-alkyl or cyclic N) is 1. The maximum absolute atomic E-state index is 15.9. The highest BCUT2D eigenvalue weighted by atomic mass is 19.3. The summed E-state index contributed by atoms with van der Waals surface area (Å²) in [6, 6.07) is 4.32. The predicted octanol–water partition coefficient (Wildman–Crippen LogP) is 3.83. The van der Waals surface area contributed by atoms with Crippen molar-refractivity contribution in [2.24, 2.45) is 11.0 Å². The Kier molecular flexibility index (Phi) is 7.42. The van der Waals surface area contributed by atoms with E-state index >= 15 is 8.78 Å². The van der Waals surface area contributed by atoms with Gasteiger partial charge in [-0.2, -0.15) is 8.78 Å². The van der Waals surface area contributed by atoms with Crippen LogP contribution in [0.15, 0.2) is 65.1 Å². The summed E-state index contributed by atoms with van der Waals surface area (Å²) in [5.41, 5.74) is -1.19. The van der Waals surface area contributed by atoms with Crippen molar-refractivity contribution >= 4 is 6.34 Å². The molecule has 0 bridgehead atoms. The zero-order chi connectivity index (χ0) is 26.8. The number of aliphatic hydroxyl groups is 1. The number of halogens is 4. The fraction of sp³-hybridized carbons (Fsp3) is 0.360. The minimum atomic E-state index is -4.11. The van der Waals surface area contributed by atoms with E-state index < -0.39 is 41.0 Å². The number of hydrogen-bond acceptors (Lipinski definition) is 8. The molecular formula is C25H27F4N5O3. The lowest BCUT2D eigenvalue weighted by atomic mass is 9.84. The number of aromatic nitrogens is 1. The van der Waals surface area contributed by atoms with Crippen LogP contribution in [0, 0.1) is 17.6 Å². The Hall–Kier alpha value is -3.64. The van der Waals surface area contributed by atoms with E-state index in [-0.39, 0.29) is 18.3 Å². The molecule has 0 spiro atoms. The Morgan fingerprint density at radius 3 is 2.57 bits per heavy atom. The molecule has 2 aliphatic rings. The minimum absolute atomic E-state index is 0.187.